The molecule has 0 saturated heterocycles. The Morgan fingerprint density at radius 2 is 1.74 bits per heavy atom. The molecule has 0 unspecified atom stereocenters. The van der Waals surface area contributed by atoms with Crippen molar-refractivity contribution >= 4 is 11.0 Å². The molecule has 0 N–H and O–H groups in total. The van der Waals surface area contributed by atoms with E-state index >= 15 is 0 Å². The van der Waals surface area contributed by atoms with Crippen LogP contribution in [-0.2, 0) is 5.41 Å². The number of rotatable bonds is 4. The molecule has 3 aromatic rings. The average molecular weight is 307 g/mol. The molecule has 0 aliphatic carbocycles. The lowest BCUT2D eigenvalue weighted by atomic mass is 9.87. The van der Waals surface area contributed by atoms with E-state index in [1.807, 2.05) is 30.3 Å². The Morgan fingerprint density at radius 1 is 1.09 bits per heavy atom. The highest BCUT2D eigenvalue weighted by molar-refractivity contribution is 5.73. The first kappa shape index (κ1) is 15.3. The van der Waals surface area contributed by atoms with E-state index in [1.165, 1.54) is 5.56 Å². The van der Waals surface area contributed by atoms with Crippen molar-refractivity contribution in [1.82, 2.24) is 15.0 Å². The lowest BCUT2D eigenvalue weighted by Gasteiger charge is -2.21. The number of benzene rings is 2. The highest BCUT2D eigenvalue weighted by Crippen LogP contribution is 2.30. The van der Waals surface area contributed by atoms with E-state index in [4.69, 9.17) is 4.74 Å². The first-order chi connectivity index (χ1) is 11.0. The molecule has 0 bridgehead atoms. The summed E-state index contributed by atoms with van der Waals surface area (Å²) in [5.74, 6) is 0.748. The lowest BCUT2D eigenvalue weighted by molar-refractivity contribution is 0.359. The third-order valence-corrected chi connectivity index (χ3v) is 3.68. The molecule has 0 saturated carbocycles. The van der Waals surface area contributed by atoms with Crippen LogP contribution in [0, 0.1) is 0 Å². The van der Waals surface area contributed by atoms with Gasteiger partial charge in [0.25, 0.3) is 0 Å². The summed E-state index contributed by atoms with van der Waals surface area (Å²) in [5.41, 5.74) is 3.82. The summed E-state index contributed by atoms with van der Waals surface area (Å²) >= 11 is 0. The molecule has 1 heterocycles. The first-order valence-electron chi connectivity index (χ1n) is 7.70. The number of nitrogens with zero attached hydrogens (tertiary/aromatic N) is 3. The Hall–Kier alpha value is -2.62. The van der Waals surface area contributed by atoms with E-state index in [0.717, 1.165) is 22.5 Å². The smallest absolute Gasteiger partial charge is 0.147 e. The van der Waals surface area contributed by atoms with E-state index in [0.29, 0.717) is 6.61 Å². The predicted octanol–water partition coefficient (Wildman–Crippen LogP) is 4.28. The van der Waals surface area contributed by atoms with Crippen molar-refractivity contribution in [2.45, 2.75) is 26.2 Å². The molecule has 0 amide bonds. The SMILES string of the molecule is C=CCOc1ccc(C(C)(C)C)cc1-n1nc2ccccc2n1. The van der Waals surface area contributed by atoms with Gasteiger partial charge in [-0.25, -0.2) is 0 Å². The molecule has 0 atom stereocenters. The van der Waals surface area contributed by atoms with Gasteiger partial charge in [0.1, 0.15) is 29.1 Å². The van der Waals surface area contributed by atoms with E-state index < -0.39 is 0 Å². The van der Waals surface area contributed by atoms with Crippen molar-refractivity contribution in [3.8, 4) is 11.4 Å². The van der Waals surface area contributed by atoms with Gasteiger partial charge >= 0.3 is 0 Å². The Kier molecular flexibility index (Phi) is 3.90. The minimum absolute atomic E-state index is 0.0400. The Morgan fingerprint density at radius 3 is 2.30 bits per heavy atom. The molecule has 1 aromatic heterocycles. The molecule has 0 fully saturated rings. The molecule has 0 radical (unpaired) electrons. The molecule has 3 rings (SSSR count). The summed E-state index contributed by atoms with van der Waals surface area (Å²) < 4.78 is 5.79. The third-order valence-electron chi connectivity index (χ3n) is 3.68. The van der Waals surface area contributed by atoms with Crippen molar-refractivity contribution in [1.29, 1.82) is 0 Å². The topological polar surface area (TPSA) is 39.9 Å². The van der Waals surface area contributed by atoms with Gasteiger partial charge < -0.3 is 4.74 Å². The maximum atomic E-state index is 5.79. The molecule has 0 aliphatic rings. The molecule has 118 valence electrons. The molecular weight excluding hydrogens is 286 g/mol. The van der Waals surface area contributed by atoms with Gasteiger partial charge in [-0.05, 0) is 35.2 Å². The van der Waals surface area contributed by atoms with Crippen LogP contribution < -0.4 is 4.74 Å². The van der Waals surface area contributed by atoms with Crippen LogP contribution in [0.5, 0.6) is 5.75 Å². The normalized spacial score (nSPS) is 11.6. The van der Waals surface area contributed by atoms with Crippen LogP contribution in [0.3, 0.4) is 0 Å². The van der Waals surface area contributed by atoms with Gasteiger partial charge in [-0.1, -0.05) is 51.6 Å². The second-order valence-electron chi connectivity index (χ2n) is 6.51. The fraction of sp³-hybridized carbons (Fsp3) is 0.263. The quantitative estimate of drug-likeness (QED) is 0.675. The van der Waals surface area contributed by atoms with E-state index in [9.17, 15) is 0 Å². The minimum Gasteiger partial charge on any atom is -0.487 e. The standard InChI is InChI=1S/C19H21N3O/c1-5-12-23-18-11-10-14(19(2,3)4)13-17(18)22-20-15-8-6-7-9-16(15)21-22/h5-11,13H,1,12H2,2-4H3. The van der Waals surface area contributed by atoms with Gasteiger partial charge in [-0.3, -0.25) is 0 Å². The zero-order chi connectivity index (χ0) is 16.4. The van der Waals surface area contributed by atoms with Gasteiger partial charge in [0.2, 0.25) is 0 Å². The van der Waals surface area contributed by atoms with Crippen molar-refractivity contribution in [3.63, 3.8) is 0 Å². The highest BCUT2D eigenvalue weighted by Gasteiger charge is 2.18. The summed E-state index contributed by atoms with van der Waals surface area (Å²) in [7, 11) is 0. The van der Waals surface area contributed by atoms with Crippen molar-refractivity contribution in [2.24, 2.45) is 0 Å². The fourth-order valence-electron chi connectivity index (χ4n) is 2.38. The fourth-order valence-corrected chi connectivity index (χ4v) is 2.38. The minimum atomic E-state index is 0.0400. The third kappa shape index (κ3) is 3.11. The molecule has 0 spiro atoms. The van der Waals surface area contributed by atoms with Gasteiger partial charge in [0.05, 0.1) is 0 Å². The van der Waals surface area contributed by atoms with Crippen molar-refractivity contribution in [2.75, 3.05) is 6.61 Å². The molecular formula is C19H21N3O. The summed E-state index contributed by atoms with van der Waals surface area (Å²) in [6.07, 6.45) is 1.73. The van der Waals surface area contributed by atoms with Crippen LogP contribution in [0.4, 0.5) is 0 Å². The highest BCUT2D eigenvalue weighted by atomic mass is 16.5. The second kappa shape index (κ2) is 5.88. The molecule has 23 heavy (non-hydrogen) atoms. The Balaban J connectivity index is 2.14. The van der Waals surface area contributed by atoms with Crippen molar-refractivity contribution < 1.29 is 4.74 Å². The number of hydrogen-bond donors (Lipinski definition) is 0. The zero-order valence-corrected chi connectivity index (χ0v) is 13.8. The maximum absolute atomic E-state index is 5.79. The van der Waals surface area contributed by atoms with Gasteiger partial charge in [-0.15, -0.1) is 15.0 Å². The molecule has 2 aromatic carbocycles. The number of aromatic nitrogens is 3. The monoisotopic (exact) mass is 307 g/mol. The van der Waals surface area contributed by atoms with Crippen LogP contribution >= 0.6 is 0 Å². The maximum Gasteiger partial charge on any atom is 0.147 e. The molecule has 0 aliphatic heterocycles. The van der Waals surface area contributed by atoms with Gasteiger partial charge in [0, 0.05) is 0 Å². The Bertz CT molecular complexity index is 810. The second-order valence-corrected chi connectivity index (χ2v) is 6.51. The van der Waals surface area contributed by atoms with Crippen LogP contribution in [0.2, 0.25) is 0 Å². The average Bonchev–Trinajstić information content (AvgIpc) is 2.95. The summed E-state index contributed by atoms with van der Waals surface area (Å²) in [6, 6.07) is 14.0. The van der Waals surface area contributed by atoms with Crippen LogP contribution in [0.15, 0.2) is 55.1 Å². The number of hydrogen-bond acceptors (Lipinski definition) is 3. The summed E-state index contributed by atoms with van der Waals surface area (Å²) in [4.78, 5) is 1.65. The molecule has 4 nitrogen and oxygen atoms in total. The number of fused-ring (bicyclic) bond motifs is 1. The zero-order valence-electron chi connectivity index (χ0n) is 13.8. The summed E-state index contributed by atoms with van der Waals surface area (Å²) in [6.45, 7) is 10.7. The Labute approximate surface area is 136 Å². The van der Waals surface area contributed by atoms with Gasteiger partial charge in [0.15, 0.2) is 0 Å². The largest absolute Gasteiger partial charge is 0.487 e. The number of ether oxygens (including phenoxy) is 1. The molecule has 4 heteroatoms. The van der Waals surface area contributed by atoms with E-state index in [-0.39, 0.29) is 5.41 Å². The van der Waals surface area contributed by atoms with E-state index in [2.05, 4.69) is 49.7 Å². The first-order valence-corrected chi connectivity index (χ1v) is 7.70. The predicted molar refractivity (Wildman–Crippen MR) is 93.3 cm³/mol. The van der Waals surface area contributed by atoms with Gasteiger partial charge in [-0.2, -0.15) is 0 Å². The lowest BCUT2D eigenvalue weighted by Crippen LogP contribution is -2.13. The summed E-state index contributed by atoms with van der Waals surface area (Å²) in [5, 5.41) is 9.15. The van der Waals surface area contributed by atoms with E-state index in [1.54, 1.807) is 10.9 Å². The van der Waals surface area contributed by atoms with Crippen LogP contribution in [0.25, 0.3) is 16.7 Å². The van der Waals surface area contributed by atoms with Crippen molar-refractivity contribution in [3.05, 3.63) is 60.7 Å². The van der Waals surface area contributed by atoms with Crippen LogP contribution in [0.1, 0.15) is 26.3 Å². The van der Waals surface area contributed by atoms with Crippen LogP contribution in [-0.4, -0.2) is 21.6 Å².